The number of hydrogen-bond acceptors (Lipinski definition) is 4. The molecule has 2 N–H and O–H groups in total. The van der Waals surface area contributed by atoms with Crippen molar-refractivity contribution < 1.29 is 4.42 Å². The van der Waals surface area contributed by atoms with Crippen molar-refractivity contribution in [3.8, 4) is 0 Å². The number of nitrogens with two attached hydrogens (primary N) is 1. The minimum Gasteiger partial charge on any atom is -0.469 e. The van der Waals surface area contributed by atoms with E-state index in [4.69, 9.17) is 10.2 Å². The standard InChI is InChI=1S/C13H19BrN4O/c1-9-10(4-7-19-9)12(15)13-11(14)8-16-18(13)6-5-17(2)3/h4,7-8,12H,5-6,15H2,1-3H3. The predicted octanol–water partition coefficient (Wildman–Crippen LogP) is 2.16. The van der Waals surface area contributed by atoms with Gasteiger partial charge in [0, 0.05) is 12.1 Å². The number of aromatic nitrogens is 2. The van der Waals surface area contributed by atoms with Gasteiger partial charge in [0.05, 0.1) is 35.2 Å². The fourth-order valence-corrected chi connectivity index (χ4v) is 2.56. The largest absolute Gasteiger partial charge is 0.469 e. The highest BCUT2D eigenvalue weighted by molar-refractivity contribution is 9.10. The summed E-state index contributed by atoms with van der Waals surface area (Å²) in [7, 11) is 4.08. The van der Waals surface area contributed by atoms with Crippen molar-refractivity contribution in [1.29, 1.82) is 0 Å². The van der Waals surface area contributed by atoms with Crippen LogP contribution in [0.4, 0.5) is 0 Å². The zero-order valence-electron chi connectivity index (χ0n) is 11.4. The van der Waals surface area contributed by atoms with E-state index in [-0.39, 0.29) is 6.04 Å². The number of furan rings is 1. The molecule has 2 aromatic heterocycles. The van der Waals surface area contributed by atoms with Crippen molar-refractivity contribution >= 4 is 15.9 Å². The molecule has 0 fully saturated rings. The second-order valence-corrected chi connectivity index (χ2v) is 5.67. The summed E-state index contributed by atoms with van der Waals surface area (Å²) in [6.07, 6.45) is 3.46. The summed E-state index contributed by atoms with van der Waals surface area (Å²) in [5.74, 6) is 0.847. The first-order chi connectivity index (χ1) is 9.00. The van der Waals surface area contributed by atoms with E-state index in [9.17, 15) is 0 Å². The van der Waals surface area contributed by atoms with Crippen LogP contribution in [0.15, 0.2) is 27.4 Å². The molecule has 0 radical (unpaired) electrons. The lowest BCUT2D eigenvalue weighted by Crippen LogP contribution is -2.23. The van der Waals surface area contributed by atoms with Crippen LogP contribution in [0.25, 0.3) is 0 Å². The molecule has 19 heavy (non-hydrogen) atoms. The molecule has 2 heterocycles. The number of aryl methyl sites for hydroxylation is 1. The molecule has 0 saturated heterocycles. The zero-order chi connectivity index (χ0) is 14.0. The molecule has 1 atom stereocenters. The molecule has 0 aliphatic carbocycles. The zero-order valence-corrected chi connectivity index (χ0v) is 13.0. The summed E-state index contributed by atoms with van der Waals surface area (Å²) in [5.41, 5.74) is 8.32. The summed E-state index contributed by atoms with van der Waals surface area (Å²) >= 11 is 3.53. The fourth-order valence-electron chi connectivity index (χ4n) is 2.02. The third kappa shape index (κ3) is 3.08. The Hall–Kier alpha value is -1.11. The first kappa shape index (κ1) is 14.3. The van der Waals surface area contributed by atoms with Gasteiger partial charge >= 0.3 is 0 Å². The molecule has 0 spiro atoms. The second kappa shape index (κ2) is 5.90. The Balaban J connectivity index is 2.28. The lowest BCUT2D eigenvalue weighted by molar-refractivity contribution is 0.367. The van der Waals surface area contributed by atoms with Crippen LogP contribution in [0.5, 0.6) is 0 Å². The minimum absolute atomic E-state index is 0.238. The van der Waals surface area contributed by atoms with E-state index in [1.165, 1.54) is 0 Å². The lowest BCUT2D eigenvalue weighted by atomic mass is 10.1. The van der Waals surface area contributed by atoms with Crippen LogP contribution in [0.2, 0.25) is 0 Å². The van der Waals surface area contributed by atoms with E-state index in [0.29, 0.717) is 0 Å². The molecule has 5 nitrogen and oxygen atoms in total. The number of halogens is 1. The topological polar surface area (TPSA) is 60.2 Å². The molecule has 104 valence electrons. The highest BCUT2D eigenvalue weighted by Crippen LogP contribution is 2.28. The normalized spacial score (nSPS) is 13.2. The molecule has 0 aromatic carbocycles. The van der Waals surface area contributed by atoms with Crippen molar-refractivity contribution in [2.24, 2.45) is 5.73 Å². The second-order valence-electron chi connectivity index (χ2n) is 4.81. The van der Waals surface area contributed by atoms with E-state index in [1.807, 2.05) is 31.8 Å². The van der Waals surface area contributed by atoms with Crippen molar-refractivity contribution in [2.45, 2.75) is 19.5 Å². The van der Waals surface area contributed by atoms with Crippen LogP contribution >= 0.6 is 15.9 Å². The van der Waals surface area contributed by atoms with Crippen LogP contribution in [-0.2, 0) is 6.54 Å². The Morgan fingerprint density at radius 2 is 2.26 bits per heavy atom. The molecule has 2 rings (SSSR count). The first-order valence-corrected chi connectivity index (χ1v) is 6.95. The van der Waals surface area contributed by atoms with E-state index in [2.05, 4.69) is 25.9 Å². The number of likely N-dealkylation sites (N-methyl/N-ethyl adjacent to an activating group) is 1. The van der Waals surface area contributed by atoms with E-state index >= 15 is 0 Å². The molecule has 0 bridgehead atoms. The quantitative estimate of drug-likeness (QED) is 0.914. The Morgan fingerprint density at radius 1 is 1.53 bits per heavy atom. The number of rotatable bonds is 5. The van der Waals surface area contributed by atoms with Crippen LogP contribution in [0, 0.1) is 6.92 Å². The molecular formula is C13H19BrN4O. The Kier molecular flexibility index (Phi) is 4.44. The molecule has 1 unspecified atom stereocenters. The maximum absolute atomic E-state index is 6.35. The van der Waals surface area contributed by atoms with Gasteiger partial charge in [-0.15, -0.1) is 0 Å². The van der Waals surface area contributed by atoms with Crippen LogP contribution < -0.4 is 5.73 Å². The Labute approximate surface area is 121 Å². The van der Waals surface area contributed by atoms with Gasteiger partial charge < -0.3 is 15.1 Å². The van der Waals surface area contributed by atoms with Crippen LogP contribution in [-0.4, -0.2) is 35.3 Å². The summed E-state index contributed by atoms with van der Waals surface area (Å²) < 4.78 is 8.20. The average Bonchev–Trinajstić information content (AvgIpc) is 2.92. The molecule has 0 aliphatic heterocycles. The predicted molar refractivity (Wildman–Crippen MR) is 78.0 cm³/mol. The highest BCUT2D eigenvalue weighted by Gasteiger charge is 2.21. The van der Waals surface area contributed by atoms with Crippen molar-refractivity contribution in [1.82, 2.24) is 14.7 Å². The van der Waals surface area contributed by atoms with E-state index in [0.717, 1.165) is 34.6 Å². The summed E-state index contributed by atoms with van der Waals surface area (Å²) in [6.45, 7) is 3.64. The summed E-state index contributed by atoms with van der Waals surface area (Å²) in [4.78, 5) is 2.12. The highest BCUT2D eigenvalue weighted by atomic mass is 79.9. The average molecular weight is 327 g/mol. The maximum Gasteiger partial charge on any atom is 0.105 e. The number of nitrogens with zero attached hydrogens (tertiary/aromatic N) is 3. The summed E-state index contributed by atoms with van der Waals surface area (Å²) in [6, 6.07) is 1.67. The van der Waals surface area contributed by atoms with Gasteiger partial charge in [0.1, 0.15) is 5.76 Å². The van der Waals surface area contributed by atoms with Crippen molar-refractivity contribution in [2.75, 3.05) is 20.6 Å². The van der Waals surface area contributed by atoms with Gasteiger partial charge in [-0.1, -0.05) is 0 Å². The Morgan fingerprint density at radius 3 is 2.84 bits per heavy atom. The lowest BCUT2D eigenvalue weighted by Gasteiger charge is -2.16. The third-order valence-electron chi connectivity index (χ3n) is 3.12. The van der Waals surface area contributed by atoms with E-state index in [1.54, 1.807) is 12.5 Å². The fraction of sp³-hybridized carbons (Fsp3) is 0.462. The SMILES string of the molecule is Cc1occc1C(N)c1c(Br)cnn1CCN(C)C. The van der Waals surface area contributed by atoms with Gasteiger partial charge in [0.25, 0.3) is 0 Å². The number of hydrogen-bond donors (Lipinski definition) is 1. The maximum atomic E-state index is 6.35. The molecule has 6 heteroatoms. The monoisotopic (exact) mass is 326 g/mol. The van der Waals surface area contributed by atoms with Crippen molar-refractivity contribution in [3.63, 3.8) is 0 Å². The van der Waals surface area contributed by atoms with Gasteiger partial charge in [-0.25, -0.2) is 0 Å². The molecule has 0 saturated carbocycles. The first-order valence-electron chi connectivity index (χ1n) is 6.16. The summed E-state index contributed by atoms with van der Waals surface area (Å²) in [5, 5.41) is 4.38. The minimum atomic E-state index is -0.238. The molecule has 2 aromatic rings. The van der Waals surface area contributed by atoms with Gasteiger partial charge in [0.2, 0.25) is 0 Å². The van der Waals surface area contributed by atoms with Gasteiger partial charge in [-0.3, -0.25) is 4.68 Å². The van der Waals surface area contributed by atoms with Crippen LogP contribution in [0.3, 0.4) is 0 Å². The van der Waals surface area contributed by atoms with Crippen molar-refractivity contribution in [3.05, 3.63) is 40.0 Å². The molecule has 0 aliphatic rings. The smallest absolute Gasteiger partial charge is 0.105 e. The van der Waals surface area contributed by atoms with E-state index < -0.39 is 0 Å². The molecule has 0 amide bonds. The molecular weight excluding hydrogens is 308 g/mol. The Bertz CT molecular complexity index is 547. The third-order valence-corrected chi connectivity index (χ3v) is 3.73. The van der Waals surface area contributed by atoms with Gasteiger partial charge in [-0.2, -0.15) is 5.10 Å². The van der Waals surface area contributed by atoms with Gasteiger partial charge in [0.15, 0.2) is 0 Å². The van der Waals surface area contributed by atoms with Gasteiger partial charge in [-0.05, 0) is 43.0 Å². The van der Waals surface area contributed by atoms with Crippen LogP contribution in [0.1, 0.15) is 23.1 Å².